The van der Waals surface area contributed by atoms with Crippen molar-refractivity contribution in [1.29, 1.82) is 0 Å². The topological polar surface area (TPSA) is 51.4 Å². The van der Waals surface area contributed by atoms with E-state index in [0.29, 0.717) is 12.3 Å². The molecule has 2 aliphatic heterocycles. The maximum absolute atomic E-state index is 11.9. The van der Waals surface area contributed by atoms with Gasteiger partial charge in [-0.05, 0) is 0 Å². The van der Waals surface area contributed by atoms with Crippen LogP contribution >= 0.6 is 7.37 Å². The minimum Gasteiger partial charge on any atom is -0.373 e. The van der Waals surface area contributed by atoms with Gasteiger partial charge in [0.1, 0.15) is 0 Å². The van der Waals surface area contributed by atoms with Crippen LogP contribution in [0, 0.1) is 0 Å². The standard InChI is InChI=1S/C7H13O4P/c1-9-12(8,4-6-2-10-6)5-7-3-11-7/h6-7H,2-5H2,1H3. The van der Waals surface area contributed by atoms with Crippen LogP contribution in [0.3, 0.4) is 0 Å². The maximum atomic E-state index is 11.9. The van der Waals surface area contributed by atoms with Crippen molar-refractivity contribution in [1.82, 2.24) is 0 Å². The third-order valence-corrected chi connectivity index (χ3v) is 4.69. The second kappa shape index (κ2) is 3.11. The number of ether oxygens (including phenoxy) is 2. The fraction of sp³-hybridized carbons (Fsp3) is 1.00. The van der Waals surface area contributed by atoms with Gasteiger partial charge < -0.3 is 14.0 Å². The van der Waals surface area contributed by atoms with Gasteiger partial charge in [0, 0.05) is 7.11 Å². The van der Waals surface area contributed by atoms with E-state index >= 15 is 0 Å². The zero-order valence-electron chi connectivity index (χ0n) is 7.06. The largest absolute Gasteiger partial charge is 0.373 e. The molecule has 0 saturated carbocycles. The summed E-state index contributed by atoms with van der Waals surface area (Å²) in [6.07, 6.45) is 1.47. The summed E-state index contributed by atoms with van der Waals surface area (Å²) in [6, 6.07) is 0. The van der Waals surface area contributed by atoms with Gasteiger partial charge in [0.05, 0.1) is 37.7 Å². The third-order valence-electron chi connectivity index (χ3n) is 2.10. The first-order valence-electron chi connectivity index (χ1n) is 4.09. The van der Waals surface area contributed by atoms with Gasteiger partial charge in [0.15, 0.2) is 0 Å². The molecule has 70 valence electrons. The Morgan fingerprint density at radius 1 is 1.33 bits per heavy atom. The molecule has 4 nitrogen and oxygen atoms in total. The average molecular weight is 192 g/mol. The van der Waals surface area contributed by atoms with Crippen molar-refractivity contribution in [2.75, 3.05) is 32.6 Å². The normalized spacial score (nSPS) is 37.4. The quantitative estimate of drug-likeness (QED) is 0.475. The third kappa shape index (κ3) is 2.30. The summed E-state index contributed by atoms with van der Waals surface area (Å²) in [5, 5.41) is 0. The molecule has 2 rings (SSSR count). The fourth-order valence-electron chi connectivity index (χ4n) is 1.19. The maximum Gasteiger partial charge on any atom is 0.208 e. The van der Waals surface area contributed by atoms with Crippen LogP contribution in [0.1, 0.15) is 0 Å². The lowest BCUT2D eigenvalue weighted by Crippen LogP contribution is -2.06. The predicted octanol–water partition coefficient (Wildman–Crippen LogP) is 0.708. The van der Waals surface area contributed by atoms with Gasteiger partial charge in [0.25, 0.3) is 0 Å². The molecular weight excluding hydrogens is 179 g/mol. The summed E-state index contributed by atoms with van der Waals surface area (Å²) in [5.74, 6) is 0. The Labute approximate surface area is 71.6 Å². The molecule has 2 unspecified atom stereocenters. The van der Waals surface area contributed by atoms with E-state index in [0.717, 1.165) is 13.2 Å². The summed E-state index contributed by atoms with van der Waals surface area (Å²) in [7, 11) is -0.932. The molecule has 2 saturated heterocycles. The molecule has 2 heterocycles. The Morgan fingerprint density at radius 2 is 1.75 bits per heavy atom. The van der Waals surface area contributed by atoms with Gasteiger partial charge in [-0.1, -0.05) is 0 Å². The molecule has 2 aliphatic rings. The molecule has 0 aromatic carbocycles. The van der Waals surface area contributed by atoms with E-state index in [4.69, 9.17) is 14.0 Å². The number of rotatable bonds is 5. The molecule has 2 atom stereocenters. The number of epoxide rings is 2. The van der Waals surface area contributed by atoms with Gasteiger partial charge >= 0.3 is 0 Å². The molecule has 0 radical (unpaired) electrons. The lowest BCUT2D eigenvalue weighted by Gasteiger charge is -2.12. The summed E-state index contributed by atoms with van der Waals surface area (Å²) in [5.41, 5.74) is 0. The van der Waals surface area contributed by atoms with Gasteiger partial charge in [-0.3, -0.25) is 4.57 Å². The minimum atomic E-state index is -2.44. The molecule has 0 spiro atoms. The molecular formula is C7H13O4P. The van der Waals surface area contributed by atoms with Crippen LogP contribution in [-0.4, -0.2) is 44.9 Å². The Morgan fingerprint density at radius 3 is 2.00 bits per heavy atom. The van der Waals surface area contributed by atoms with Crippen LogP contribution < -0.4 is 0 Å². The molecule has 0 aromatic rings. The first kappa shape index (κ1) is 8.70. The van der Waals surface area contributed by atoms with Crippen LogP contribution in [0.25, 0.3) is 0 Å². The summed E-state index contributed by atoms with van der Waals surface area (Å²) in [4.78, 5) is 0. The van der Waals surface area contributed by atoms with E-state index in [1.165, 1.54) is 7.11 Å². The highest BCUT2D eigenvalue weighted by Crippen LogP contribution is 2.50. The van der Waals surface area contributed by atoms with E-state index in [1.807, 2.05) is 0 Å². The Bertz CT molecular complexity index is 191. The lowest BCUT2D eigenvalue weighted by molar-refractivity contribution is 0.366. The van der Waals surface area contributed by atoms with Gasteiger partial charge in [-0.2, -0.15) is 0 Å². The van der Waals surface area contributed by atoms with Crippen molar-refractivity contribution in [3.63, 3.8) is 0 Å². The van der Waals surface area contributed by atoms with Crippen molar-refractivity contribution in [2.45, 2.75) is 12.2 Å². The van der Waals surface area contributed by atoms with Crippen molar-refractivity contribution in [2.24, 2.45) is 0 Å². The molecule has 5 heteroatoms. The highest BCUT2D eigenvalue weighted by molar-refractivity contribution is 7.59. The second-order valence-corrected chi connectivity index (χ2v) is 6.00. The van der Waals surface area contributed by atoms with Crippen molar-refractivity contribution in [3.05, 3.63) is 0 Å². The van der Waals surface area contributed by atoms with Crippen LogP contribution in [0.4, 0.5) is 0 Å². The van der Waals surface area contributed by atoms with E-state index in [-0.39, 0.29) is 12.2 Å². The van der Waals surface area contributed by atoms with Crippen LogP contribution in [0.2, 0.25) is 0 Å². The van der Waals surface area contributed by atoms with Gasteiger partial charge in [-0.25, -0.2) is 0 Å². The van der Waals surface area contributed by atoms with E-state index in [2.05, 4.69) is 0 Å². The highest BCUT2D eigenvalue weighted by Gasteiger charge is 2.39. The molecule has 0 amide bonds. The van der Waals surface area contributed by atoms with Crippen molar-refractivity contribution < 1.29 is 18.6 Å². The molecule has 0 N–H and O–H groups in total. The predicted molar refractivity (Wildman–Crippen MR) is 43.8 cm³/mol. The molecule has 0 aliphatic carbocycles. The monoisotopic (exact) mass is 192 g/mol. The number of hydrogen-bond acceptors (Lipinski definition) is 4. The average Bonchev–Trinajstić information content (AvgIpc) is 2.85. The number of hydrogen-bond donors (Lipinski definition) is 0. The summed E-state index contributed by atoms with van der Waals surface area (Å²) < 4.78 is 27.0. The Kier molecular flexibility index (Phi) is 2.25. The van der Waals surface area contributed by atoms with Crippen LogP contribution in [-0.2, 0) is 18.6 Å². The van der Waals surface area contributed by atoms with Crippen molar-refractivity contribution >= 4 is 7.37 Å². The van der Waals surface area contributed by atoms with Gasteiger partial charge in [-0.15, -0.1) is 0 Å². The molecule has 12 heavy (non-hydrogen) atoms. The van der Waals surface area contributed by atoms with Crippen molar-refractivity contribution in [3.8, 4) is 0 Å². The molecule has 0 bridgehead atoms. The Hall–Kier alpha value is 0.110. The Balaban J connectivity index is 1.86. The minimum absolute atomic E-state index is 0.175. The lowest BCUT2D eigenvalue weighted by atomic mass is 10.6. The van der Waals surface area contributed by atoms with E-state index in [9.17, 15) is 4.57 Å². The first-order valence-corrected chi connectivity index (χ1v) is 6.08. The first-order chi connectivity index (χ1) is 5.72. The molecule has 2 fully saturated rings. The molecule has 0 aromatic heterocycles. The van der Waals surface area contributed by atoms with Crippen LogP contribution in [0.5, 0.6) is 0 Å². The smallest absolute Gasteiger partial charge is 0.208 e. The zero-order valence-corrected chi connectivity index (χ0v) is 7.96. The second-order valence-electron chi connectivity index (χ2n) is 3.27. The SMILES string of the molecule is COP(=O)(CC1CO1)CC1CO1. The summed E-state index contributed by atoms with van der Waals surface area (Å²) in [6.45, 7) is 1.47. The summed E-state index contributed by atoms with van der Waals surface area (Å²) >= 11 is 0. The van der Waals surface area contributed by atoms with Gasteiger partial charge in [0.2, 0.25) is 7.37 Å². The van der Waals surface area contributed by atoms with E-state index in [1.54, 1.807) is 0 Å². The van der Waals surface area contributed by atoms with E-state index < -0.39 is 7.37 Å². The zero-order chi connectivity index (χ0) is 8.60. The highest BCUT2D eigenvalue weighted by atomic mass is 31.2. The fourth-order valence-corrected chi connectivity index (χ4v) is 3.30. The van der Waals surface area contributed by atoms with Crippen LogP contribution in [0.15, 0.2) is 0 Å².